The Balaban J connectivity index is 2.51. The molecule has 1 saturated carbocycles. The third-order valence-corrected chi connectivity index (χ3v) is 2.95. The summed E-state index contributed by atoms with van der Waals surface area (Å²) < 4.78 is 0. The topological polar surface area (TPSA) is 72.3 Å². The minimum Gasteiger partial charge on any atom is -0.390 e. The normalized spacial score (nSPS) is 38.2. The second-order valence-corrected chi connectivity index (χ2v) is 4.49. The molecule has 0 bridgehead atoms. The van der Waals surface area contributed by atoms with Gasteiger partial charge in [-0.3, -0.25) is 0 Å². The number of nitrogens with two attached hydrogens (primary N) is 2. The molecule has 5 N–H and O–H groups in total. The van der Waals surface area contributed by atoms with Gasteiger partial charge in [-0.05, 0) is 39.0 Å². The van der Waals surface area contributed by atoms with Crippen molar-refractivity contribution < 1.29 is 5.11 Å². The van der Waals surface area contributed by atoms with E-state index in [4.69, 9.17) is 11.5 Å². The van der Waals surface area contributed by atoms with Gasteiger partial charge in [-0.15, -0.1) is 0 Å². The first kappa shape index (κ1) is 9.96. The molecule has 0 spiro atoms. The molecule has 0 aromatic heterocycles. The Morgan fingerprint density at radius 1 is 1.17 bits per heavy atom. The van der Waals surface area contributed by atoms with Gasteiger partial charge in [0.2, 0.25) is 0 Å². The first-order valence-electron chi connectivity index (χ1n) is 4.65. The Morgan fingerprint density at radius 3 is 2.17 bits per heavy atom. The van der Waals surface area contributed by atoms with Crippen molar-refractivity contribution in [3.63, 3.8) is 0 Å². The van der Waals surface area contributed by atoms with Crippen LogP contribution in [0.3, 0.4) is 0 Å². The average Bonchev–Trinajstić information content (AvgIpc) is 1.92. The van der Waals surface area contributed by atoms with Gasteiger partial charge in [-0.25, -0.2) is 0 Å². The van der Waals surface area contributed by atoms with Crippen molar-refractivity contribution in [3.8, 4) is 0 Å². The van der Waals surface area contributed by atoms with E-state index in [1.54, 1.807) is 0 Å². The molecule has 72 valence electrons. The summed E-state index contributed by atoms with van der Waals surface area (Å²) in [5.41, 5.74) is 11.0. The van der Waals surface area contributed by atoms with Gasteiger partial charge in [0, 0.05) is 12.1 Å². The summed E-state index contributed by atoms with van der Waals surface area (Å²) in [6.07, 6.45) is 2.79. The monoisotopic (exact) mass is 172 g/mol. The fourth-order valence-electron chi connectivity index (χ4n) is 1.87. The van der Waals surface area contributed by atoms with Crippen molar-refractivity contribution >= 4 is 0 Å². The molecule has 3 nitrogen and oxygen atoms in total. The fourth-order valence-corrected chi connectivity index (χ4v) is 1.87. The second kappa shape index (κ2) is 3.32. The lowest BCUT2D eigenvalue weighted by Crippen LogP contribution is -2.49. The molecule has 0 aromatic rings. The summed E-state index contributed by atoms with van der Waals surface area (Å²) in [5, 5.41) is 9.75. The van der Waals surface area contributed by atoms with E-state index in [-0.39, 0.29) is 12.1 Å². The molecule has 1 rings (SSSR count). The van der Waals surface area contributed by atoms with E-state index >= 15 is 0 Å². The average molecular weight is 172 g/mol. The van der Waals surface area contributed by atoms with Gasteiger partial charge in [0.15, 0.2) is 0 Å². The molecule has 1 unspecified atom stereocenters. The summed E-state index contributed by atoms with van der Waals surface area (Å²) in [6.45, 7) is 3.70. The van der Waals surface area contributed by atoms with E-state index < -0.39 is 5.60 Å². The standard InChI is InChI=1S/C9H20N2O/c1-9(2,12)6-3-4-7(10)8(11)5-6/h6-8,12H,3-5,10-11H2,1-2H3/t6?,7-,8+/m0/s1. The SMILES string of the molecule is CC(C)(O)C1CC[C@H](N)[C@H](N)C1. The second-order valence-electron chi connectivity index (χ2n) is 4.49. The predicted octanol–water partition coefficient (Wildman–Crippen LogP) is 0.212. The molecule has 0 aromatic carbocycles. The van der Waals surface area contributed by atoms with Gasteiger partial charge in [0.1, 0.15) is 0 Å². The van der Waals surface area contributed by atoms with Crippen LogP contribution >= 0.6 is 0 Å². The van der Waals surface area contributed by atoms with E-state index in [0.29, 0.717) is 5.92 Å². The van der Waals surface area contributed by atoms with Crippen molar-refractivity contribution in [2.75, 3.05) is 0 Å². The van der Waals surface area contributed by atoms with Crippen molar-refractivity contribution in [2.45, 2.75) is 50.8 Å². The van der Waals surface area contributed by atoms with Crippen molar-refractivity contribution in [2.24, 2.45) is 17.4 Å². The molecule has 0 amide bonds. The van der Waals surface area contributed by atoms with E-state index in [0.717, 1.165) is 19.3 Å². The van der Waals surface area contributed by atoms with Crippen LogP contribution in [0.1, 0.15) is 33.1 Å². The minimum absolute atomic E-state index is 0.0650. The Hall–Kier alpha value is -0.120. The molecule has 0 aliphatic heterocycles. The highest BCUT2D eigenvalue weighted by Gasteiger charge is 2.33. The van der Waals surface area contributed by atoms with Crippen molar-refractivity contribution in [1.29, 1.82) is 0 Å². The fraction of sp³-hybridized carbons (Fsp3) is 1.00. The largest absolute Gasteiger partial charge is 0.390 e. The van der Waals surface area contributed by atoms with Gasteiger partial charge in [-0.2, -0.15) is 0 Å². The highest BCUT2D eigenvalue weighted by atomic mass is 16.3. The maximum absolute atomic E-state index is 9.75. The third-order valence-electron chi connectivity index (χ3n) is 2.95. The van der Waals surface area contributed by atoms with Gasteiger partial charge >= 0.3 is 0 Å². The highest BCUT2D eigenvalue weighted by Crippen LogP contribution is 2.31. The summed E-state index contributed by atoms with van der Waals surface area (Å²) in [7, 11) is 0. The first-order valence-corrected chi connectivity index (χ1v) is 4.65. The molecule has 1 aliphatic rings. The molecule has 3 heteroatoms. The van der Waals surface area contributed by atoms with Gasteiger partial charge < -0.3 is 16.6 Å². The third kappa shape index (κ3) is 2.19. The molecule has 1 fully saturated rings. The first-order chi connectivity index (χ1) is 5.41. The Kier molecular flexibility index (Phi) is 2.76. The lowest BCUT2D eigenvalue weighted by Gasteiger charge is -2.38. The van der Waals surface area contributed by atoms with Crippen LogP contribution in [0.15, 0.2) is 0 Å². The summed E-state index contributed by atoms with van der Waals surface area (Å²) in [6, 6.07) is 0.193. The van der Waals surface area contributed by atoms with Crippen molar-refractivity contribution in [1.82, 2.24) is 0 Å². The molecule has 0 saturated heterocycles. The van der Waals surface area contributed by atoms with Crippen LogP contribution in [0.25, 0.3) is 0 Å². The Morgan fingerprint density at radius 2 is 1.75 bits per heavy atom. The van der Waals surface area contributed by atoms with Crippen LogP contribution in [0.2, 0.25) is 0 Å². The number of hydrogen-bond donors (Lipinski definition) is 3. The summed E-state index contributed by atoms with van der Waals surface area (Å²) >= 11 is 0. The maximum Gasteiger partial charge on any atom is 0.0620 e. The zero-order chi connectivity index (χ0) is 9.35. The van der Waals surface area contributed by atoms with Crippen LogP contribution in [-0.2, 0) is 0 Å². The number of rotatable bonds is 1. The van der Waals surface area contributed by atoms with Crippen LogP contribution < -0.4 is 11.5 Å². The predicted molar refractivity (Wildman–Crippen MR) is 49.6 cm³/mol. The lowest BCUT2D eigenvalue weighted by molar-refractivity contribution is -0.00482. The number of aliphatic hydroxyl groups is 1. The molecular formula is C9H20N2O. The minimum atomic E-state index is -0.599. The van der Waals surface area contributed by atoms with E-state index in [1.165, 1.54) is 0 Å². The zero-order valence-electron chi connectivity index (χ0n) is 7.96. The molecule has 12 heavy (non-hydrogen) atoms. The van der Waals surface area contributed by atoms with Crippen LogP contribution in [0.5, 0.6) is 0 Å². The number of hydrogen-bond acceptors (Lipinski definition) is 3. The quantitative estimate of drug-likeness (QED) is 0.529. The molecule has 0 radical (unpaired) electrons. The van der Waals surface area contributed by atoms with E-state index in [9.17, 15) is 5.11 Å². The smallest absolute Gasteiger partial charge is 0.0620 e. The molecule has 0 heterocycles. The molecule has 1 aliphatic carbocycles. The summed E-state index contributed by atoms with van der Waals surface area (Å²) in [5.74, 6) is 0.312. The molecular weight excluding hydrogens is 152 g/mol. The maximum atomic E-state index is 9.75. The zero-order valence-corrected chi connectivity index (χ0v) is 7.96. The lowest BCUT2D eigenvalue weighted by atomic mass is 9.75. The van der Waals surface area contributed by atoms with Gasteiger partial charge in [0.05, 0.1) is 5.60 Å². The summed E-state index contributed by atoms with van der Waals surface area (Å²) in [4.78, 5) is 0. The van der Waals surface area contributed by atoms with Crippen LogP contribution in [0.4, 0.5) is 0 Å². The van der Waals surface area contributed by atoms with Gasteiger partial charge in [0.25, 0.3) is 0 Å². The van der Waals surface area contributed by atoms with E-state index in [1.807, 2.05) is 13.8 Å². The van der Waals surface area contributed by atoms with Crippen molar-refractivity contribution in [3.05, 3.63) is 0 Å². The van der Waals surface area contributed by atoms with Crippen LogP contribution in [0, 0.1) is 5.92 Å². The molecule has 3 atom stereocenters. The Bertz CT molecular complexity index is 153. The Labute approximate surface area is 74.1 Å². The highest BCUT2D eigenvalue weighted by molar-refractivity contribution is 4.90. The van der Waals surface area contributed by atoms with E-state index in [2.05, 4.69) is 0 Å². The van der Waals surface area contributed by atoms with Crippen LogP contribution in [-0.4, -0.2) is 22.8 Å². The van der Waals surface area contributed by atoms with Gasteiger partial charge in [-0.1, -0.05) is 0 Å².